The average Bonchev–Trinajstić information content (AvgIpc) is 2.25. The molecule has 1 aliphatic rings. The van der Waals surface area contributed by atoms with Crippen molar-refractivity contribution in [3.05, 3.63) is 24.3 Å². The van der Waals surface area contributed by atoms with Gasteiger partial charge in [-0.05, 0) is 37.1 Å². The van der Waals surface area contributed by atoms with E-state index < -0.39 is 0 Å². The monoisotopic (exact) mass is 219 g/mol. The van der Waals surface area contributed by atoms with Crippen molar-refractivity contribution in [2.45, 2.75) is 51.0 Å². The fourth-order valence-electron chi connectivity index (χ4n) is 2.39. The third-order valence-electron chi connectivity index (χ3n) is 3.34. The summed E-state index contributed by atoms with van der Waals surface area (Å²) in [7, 11) is 0. The van der Waals surface area contributed by atoms with E-state index in [1.807, 2.05) is 12.1 Å². The van der Waals surface area contributed by atoms with Crippen molar-refractivity contribution in [1.82, 2.24) is 0 Å². The van der Waals surface area contributed by atoms with Gasteiger partial charge in [-0.15, -0.1) is 0 Å². The molecule has 2 nitrogen and oxygen atoms in total. The fourth-order valence-corrected chi connectivity index (χ4v) is 2.39. The third-order valence-corrected chi connectivity index (χ3v) is 3.34. The molecule has 1 aliphatic carbocycles. The molecular formula is C14H21NO. The molecule has 1 saturated carbocycles. The lowest BCUT2D eigenvalue weighted by atomic mass is 9.96. The summed E-state index contributed by atoms with van der Waals surface area (Å²) in [5.41, 5.74) is 1.13. The summed E-state index contributed by atoms with van der Waals surface area (Å²) in [4.78, 5) is 0. The smallest absolute Gasteiger partial charge is 0.115 e. The van der Waals surface area contributed by atoms with Gasteiger partial charge in [0.1, 0.15) is 5.75 Å². The zero-order valence-electron chi connectivity index (χ0n) is 9.78. The maximum absolute atomic E-state index is 9.22. The number of hydrogen-bond acceptors (Lipinski definition) is 2. The molecule has 0 bridgehead atoms. The highest BCUT2D eigenvalue weighted by Crippen LogP contribution is 2.21. The number of rotatable bonds is 2. The minimum atomic E-state index is 0.336. The molecular weight excluding hydrogens is 198 g/mol. The highest BCUT2D eigenvalue weighted by molar-refractivity contribution is 5.46. The zero-order valence-corrected chi connectivity index (χ0v) is 9.78. The van der Waals surface area contributed by atoms with E-state index in [1.54, 1.807) is 12.1 Å². The van der Waals surface area contributed by atoms with Gasteiger partial charge in [-0.25, -0.2) is 0 Å². The van der Waals surface area contributed by atoms with Crippen LogP contribution in [0.25, 0.3) is 0 Å². The minimum Gasteiger partial charge on any atom is -0.508 e. The molecule has 16 heavy (non-hydrogen) atoms. The largest absolute Gasteiger partial charge is 0.508 e. The topological polar surface area (TPSA) is 32.3 Å². The summed E-state index contributed by atoms with van der Waals surface area (Å²) in [6.07, 6.45) is 9.42. The lowest BCUT2D eigenvalue weighted by molar-refractivity contribution is 0.470. The lowest BCUT2D eigenvalue weighted by Crippen LogP contribution is -2.20. The van der Waals surface area contributed by atoms with Crippen LogP contribution in [0.15, 0.2) is 24.3 Å². The fraction of sp³-hybridized carbons (Fsp3) is 0.571. The van der Waals surface area contributed by atoms with Gasteiger partial charge in [-0.1, -0.05) is 32.1 Å². The van der Waals surface area contributed by atoms with E-state index >= 15 is 0 Å². The number of hydrogen-bond donors (Lipinski definition) is 2. The van der Waals surface area contributed by atoms with Gasteiger partial charge in [0.15, 0.2) is 0 Å². The van der Waals surface area contributed by atoms with Crippen LogP contribution in [-0.4, -0.2) is 11.1 Å². The van der Waals surface area contributed by atoms with E-state index in [1.165, 1.54) is 44.9 Å². The van der Waals surface area contributed by atoms with Gasteiger partial charge in [-0.3, -0.25) is 0 Å². The number of anilines is 1. The van der Waals surface area contributed by atoms with Crippen LogP contribution >= 0.6 is 0 Å². The zero-order chi connectivity index (χ0) is 11.2. The second-order valence-electron chi connectivity index (χ2n) is 4.73. The standard InChI is InChI=1S/C14H21NO/c16-14-10-8-13(9-11-14)15-12-6-4-2-1-3-5-7-12/h8-12,15-16H,1-7H2. The van der Waals surface area contributed by atoms with Gasteiger partial charge in [0.25, 0.3) is 0 Å². The van der Waals surface area contributed by atoms with Gasteiger partial charge < -0.3 is 10.4 Å². The highest BCUT2D eigenvalue weighted by atomic mass is 16.3. The van der Waals surface area contributed by atoms with E-state index in [0.29, 0.717) is 11.8 Å². The van der Waals surface area contributed by atoms with Crippen molar-refractivity contribution in [2.75, 3.05) is 5.32 Å². The van der Waals surface area contributed by atoms with Crippen molar-refractivity contribution in [2.24, 2.45) is 0 Å². The molecule has 0 saturated heterocycles. The molecule has 0 heterocycles. The van der Waals surface area contributed by atoms with Gasteiger partial charge in [0.2, 0.25) is 0 Å². The molecule has 0 radical (unpaired) electrons. The SMILES string of the molecule is Oc1ccc(NC2CCCCCCC2)cc1. The van der Waals surface area contributed by atoms with Crippen LogP contribution in [0.2, 0.25) is 0 Å². The van der Waals surface area contributed by atoms with E-state index in [-0.39, 0.29) is 0 Å². The van der Waals surface area contributed by atoms with Crippen LogP contribution in [0.4, 0.5) is 5.69 Å². The predicted molar refractivity (Wildman–Crippen MR) is 67.8 cm³/mol. The Kier molecular flexibility index (Phi) is 4.09. The Labute approximate surface area is 97.7 Å². The number of phenolic OH excluding ortho intramolecular Hbond substituents is 1. The van der Waals surface area contributed by atoms with Crippen LogP contribution in [0.1, 0.15) is 44.9 Å². The first kappa shape index (κ1) is 11.3. The average molecular weight is 219 g/mol. The van der Waals surface area contributed by atoms with E-state index in [0.717, 1.165) is 5.69 Å². The summed E-state index contributed by atoms with van der Waals surface area (Å²) in [6.45, 7) is 0. The molecule has 0 amide bonds. The molecule has 2 heteroatoms. The Hall–Kier alpha value is -1.18. The van der Waals surface area contributed by atoms with Crippen molar-refractivity contribution in [1.29, 1.82) is 0 Å². The van der Waals surface area contributed by atoms with Gasteiger partial charge in [0, 0.05) is 11.7 Å². The molecule has 2 N–H and O–H groups in total. The Morgan fingerprint density at radius 2 is 1.44 bits per heavy atom. The molecule has 0 unspecified atom stereocenters. The first-order valence-electron chi connectivity index (χ1n) is 6.40. The maximum Gasteiger partial charge on any atom is 0.115 e. The molecule has 2 rings (SSSR count). The van der Waals surface area contributed by atoms with E-state index in [2.05, 4.69) is 5.32 Å². The normalized spacial score (nSPS) is 18.8. The third kappa shape index (κ3) is 3.44. The van der Waals surface area contributed by atoms with Crippen LogP contribution in [0, 0.1) is 0 Å². The van der Waals surface area contributed by atoms with Gasteiger partial charge in [-0.2, -0.15) is 0 Å². The molecule has 0 aliphatic heterocycles. The maximum atomic E-state index is 9.22. The number of phenols is 1. The quantitative estimate of drug-likeness (QED) is 0.739. The summed E-state index contributed by atoms with van der Waals surface area (Å²) < 4.78 is 0. The lowest BCUT2D eigenvalue weighted by Gasteiger charge is -2.22. The van der Waals surface area contributed by atoms with Crippen molar-refractivity contribution >= 4 is 5.69 Å². The first-order valence-corrected chi connectivity index (χ1v) is 6.40. The molecule has 88 valence electrons. The van der Waals surface area contributed by atoms with Crippen LogP contribution in [-0.2, 0) is 0 Å². The van der Waals surface area contributed by atoms with E-state index in [4.69, 9.17) is 0 Å². The summed E-state index contributed by atoms with van der Waals surface area (Å²) in [5.74, 6) is 0.336. The van der Waals surface area contributed by atoms with Crippen molar-refractivity contribution in [3.8, 4) is 5.75 Å². The number of benzene rings is 1. The molecule has 0 aromatic heterocycles. The number of aromatic hydroxyl groups is 1. The van der Waals surface area contributed by atoms with Crippen molar-refractivity contribution < 1.29 is 5.11 Å². The van der Waals surface area contributed by atoms with Gasteiger partial charge in [0.05, 0.1) is 0 Å². The molecule has 0 spiro atoms. The minimum absolute atomic E-state index is 0.336. The summed E-state index contributed by atoms with van der Waals surface area (Å²) in [6, 6.07) is 8.00. The van der Waals surface area contributed by atoms with Crippen LogP contribution in [0.5, 0.6) is 5.75 Å². The van der Waals surface area contributed by atoms with Crippen molar-refractivity contribution in [3.63, 3.8) is 0 Å². The molecule has 0 atom stereocenters. The molecule has 1 fully saturated rings. The van der Waals surface area contributed by atoms with E-state index in [9.17, 15) is 5.11 Å². The Morgan fingerprint density at radius 1 is 0.875 bits per heavy atom. The predicted octanol–water partition coefficient (Wildman–Crippen LogP) is 3.92. The second kappa shape index (κ2) is 5.78. The summed E-state index contributed by atoms with van der Waals surface area (Å²) in [5, 5.41) is 12.8. The highest BCUT2D eigenvalue weighted by Gasteiger charge is 2.10. The van der Waals surface area contributed by atoms with Gasteiger partial charge >= 0.3 is 0 Å². The Morgan fingerprint density at radius 3 is 2.06 bits per heavy atom. The van der Waals surface area contributed by atoms with Crippen LogP contribution in [0.3, 0.4) is 0 Å². The molecule has 1 aromatic rings. The Balaban J connectivity index is 1.89. The Bertz CT molecular complexity index is 299. The second-order valence-corrected chi connectivity index (χ2v) is 4.73. The first-order chi connectivity index (χ1) is 7.84. The molecule has 1 aromatic carbocycles. The summed E-state index contributed by atoms with van der Waals surface area (Å²) >= 11 is 0. The van der Waals surface area contributed by atoms with Crippen LogP contribution < -0.4 is 5.32 Å². The number of nitrogens with one attached hydrogen (secondary N) is 1.